The minimum Gasteiger partial charge on any atom is -0.451 e. The van der Waals surface area contributed by atoms with Crippen LogP contribution in [0.3, 0.4) is 0 Å². The second kappa shape index (κ2) is 10.6. The summed E-state index contributed by atoms with van der Waals surface area (Å²) in [5, 5.41) is 13.8. The molecule has 2 bridgehead atoms. The number of furan rings is 1. The van der Waals surface area contributed by atoms with E-state index in [1.54, 1.807) is 36.4 Å². The first kappa shape index (κ1) is 25.5. The number of nitro benzene ring substituents is 1. The molecule has 4 heterocycles. The predicted molar refractivity (Wildman–Crippen MR) is 132 cm³/mol. The largest absolute Gasteiger partial charge is 0.451 e. The van der Waals surface area contributed by atoms with Crippen LogP contribution in [0.1, 0.15) is 29.0 Å². The number of hydrogen-bond acceptors (Lipinski definition) is 7. The van der Waals surface area contributed by atoms with Crippen LogP contribution in [0.2, 0.25) is 0 Å². The van der Waals surface area contributed by atoms with E-state index in [9.17, 15) is 23.3 Å². The van der Waals surface area contributed by atoms with Gasteiger partial charge >= 0.3 is 0 Å². The second-order valence-corrected chi connectivity index (χ2v) is 10.4. The third-order valence-corrected chi connectivity index (χ3v) is 7.35. The molecule has 3 aliphatic heterocycles. The first-order chi connectivity index (χ1) is 17.1. The lowest BCUT2D eigenvalue weighted by molar-refractivity contribution is -0.384. The number of piperidine rings is 3. The molecule has 0 spiro atoms. The van der Waals surface area contributed by atoms with Gasteiger partial charge in [-0.05, 0) is 75.2 Å². The van der Waals surface area contributed by atoms with Crippen molar-refractivity contribution >= 4 is 21.7 Å². The van der Waals surface area contributed by atoms with Crippen LogP contribution < -0.4 is 5.32 Å². The van der Waals surface area contributed by atoms with Crippen LogP contribution in [0.15, 0.2) is 70.0 Å². The number of nitrogens with one attached hydrogen (secondary N) is 1. The van der Waals surface area contributed by atoms with E-state index in [1.165, 1.54) is 24.3 Å². The molecule has 1 amide bonds. The Kier molecular flexibility index (Phi) is 7.53. The molecule has 3 aromatic rings. The zero-order valence-electron chi connectivity index (χ0n) is 19.7. The van der Waals surface area contributed by atoms with Crippen LogP contribution >= 0.6 is 0 Å². The van der Waals surface area contributed by atoms with Gasteiger partial charge in [0, 0.05) is 30.3 Å². The fourth-order valence-corrected chi connectivity index (χ4v) is 4.92. The highest BCUT2D eigenvalue weighted by atomic mass is 32.2. The maximum Gasteiger partial charge on any atom is 0.294 e. The Morgan fingerprint density at radius 3 is 2.22 bits per heavy atom. The summed E-state index contributed by atoms with van der Waals surface area (Å²) in [5.74, 6) is 1.14. The highest BCUT2D eigenvalue weighted by Crippen LogP contribution is 2.28. The Morgan fingerprint density at radius 1 is 1.06 bits per heavy atom. The topological polar surface area (TPSA) is 143 Å². The Hall–Kier alpha value is -3.54. The van der Waals surface area contributed by atoms with Crippen molar-refractivity contribution in [1.82, 2.24) is 10.2 Å². The van der Waals surface area contributed by atoms with Gasteiger partial charge in [-0.3, -0.25) is 19.5 Å². The van der Waals surface area contributed by atoms with E-state index < -0.39 is 15.0 Å². The number of amides is 1. The number of carbonyl (C=O) groups excluding carboxylic acids is 1. The molecule has 0 unspecified atom stereocenters. The minimum absolute atomic E-state index is 0.0237. The SMILES string of the molecule is Cc1ccc(S(=O)(=O)O)cc1.O=C(N[C@H]1CN2CCC1CC2)c1ccc(-c2ccc([N+](=O)[O-])cc2)o1. The molecular formula is C25H27N3O7S. The van der Waals surface area contributed by atoms with Gasteiger partial charge in [0.15, 0.2) is 5.76 Å². The van der Waals surface area contributed by atoms with Crippen molar-refractivity contribution in [2.45, 2.75) is 30.7 Å². The molecule has 10 nitrogen and oxygen atoms in total. The van der Waals surface area contributed by atoms with Crippen LogP contribution in [0, 0.1) is 23.0 Å². The molecule has 1 atom stereocenters. The summed E-state index contributed by atoms with van der Waals surface area (Å²) in [6, 6.07) is 15.6. The van der Waals surface area contributed by atoms with Gasteiger partial charge in [-0.1, -0.05) is 17.7 Å². The first-order valence-electron chi connectivity index (χ1n) is 11.5. The van der Waals surface area contributed by atoms with Crippen molar-refractivity contribution in [1.29, 1.82) is 0 Å². The van der Waals surface area contributed by atoms with Crippen molar-refractivity contribution in [2.24, 2.45) is 5.92 Å². The second-order valence-electron chi connectivity index (χ2n) is 8.97. The molecule has 6 rings (SSSR count). The lowest BCUT2D eigenvalue weighted by Crippen LogP contribution is -2.57. The third kappa shape index (κ3) is 6.17. The van der Waals surface area contributed by atoms with E-state index in [-0.39, 0.29) is 28.3 Å². The first-order valence-corrected chi connectivity index (χ1v) is 13.0. The Bertz CT molecular complexity index is 1330. The zero-order valence-corrected chi connectivity index (χ0v) is 20.5. The number of rotatable bonds is 5. The number of nitrogens with zero attached hydrogens (tertiary/aromatic N) is 2. The number of hydrogen-bond donors (Lipinski definition) is 2. The van der Waals surface area contributed by atoms with E-state index in [2.05, 4.69) is 10.2 Å². The maximum atomic E-state index is 12.5. The Labute approximate surface area is 208 Å². The number of non-ortho nitro benzene ring substituents is 1. The molecule has 0 radical (unpaired) electrons. The molecule has 2 N–H and O–H groups in total. The standard InChI is InChI=1S/C18H19N3O4.C7H8O3S/c22-18(19-15-11-20-9-7-12(15)8-10-20)17-6-5-16(25-17)13-1-3-14(4-2-13)21(23)24;1-6-2-4-7(5-3-6)11(8,9)10/h1-6,12,15H,7-11H2,(H,19,22);2-5H,1H3,(H,8,9,10)/t15-;/m0./s1. The Morgan fingerprint density at radius 2 is 1.69 bits per heavy atom. The average Bonchev–Trinajstić information content (AvgIpc) is 3.36. The van der Waals surface area contributed by atoms with Gasteiger partial charge in [-0.15, -0.1) is 0 Å². The number of aryl methyl sites for hydroxylation is 1. The summed E-state index contributed by atoms with van der Waals surface area (Å²) >= 11 is 0. The van der Waals surface area contributed by atoms with Gasteiger partial charge in [0.1, 0.15) is 5.76 Å². The lowest BCUT2D eigenvalue weighted by atomic mass is 9.84. The molecule has 190 valence electrons. The summed E-state index contributed by atoms with van der Waals surface area (Å²) in [5.41, 5.74) is 1.68. The molecule has 36 heavy (non-hydrogen) atoms. The molecule has 0 aliphatic carbocycles. The van der Waals surface area contributed by atoms with Crippen LogP contribution in [-0.2, 0) is 10.1 Å². The van der Waals surface area contributed by atoms with Crippen LogP contribution in [0.5, 0.6) is 0 Å². The van der Waals surface area contributed by atoms with Crippen LogP contribution in [-0.4, -0.2) is 54.4 Å². The maximum absolute atomic E-state index is 12.5. The van der Waals surface area contributed by atoms with Gasteiger partial charge < -0.3 is 14.6 Å². The zero-order chi connectivity index (χ0) is 25.9. The fourth-order valence-electron chi connectivity index (χ4n) is 4.44. The quantitative estimate of drug-likeness (QED) is 0.297. The normalized spacial score (nSPS) is 20.8. The molecule has 3 aliphatic rings. The highest BCUT2D eigenvalue weighted by Gasteiger charge is 2.35. The smallest absolute Gasteiger partial charge is 0.294 e. The van der Waals surface area contributed by atoms with Crippen LogP contribution in [0.25, 0.3) is 11.3 Å². The van der Waals surface area contributed by atoms with E-state index in [1.807, 2.05) is 6.92 Å². The predicted octanol–water partition coefficient (Wildman–Crippen LogP) is 3.92. The summed E-state index contributed by atoms with van der Waals surface area (Å²) in [6.45, 7) is 5.00. The fraction of sp³-hybridized carbons (Fsp3) is 0.320. The van der Waals surface area contributed by atoms with Crippen molar-refractivity contribution in [3.8, 4) is 11.3 Å². The molecule has 11 heteroatoms. The van der Waals surface area contributed by atoms with Gasteiger partial charge in [0.05, 0.1) is 9.82 Å². The average molecular weight is 514 g/mol. The molecule has 1 aromatic heterocycles. The molecule has 3 saturated heterocycles. The van der Waals surface area contributed by atoms with Crippen molar-refractivity contribution in [3.05, 3.63) is 82.1 Å². The lowest BCUT2D eigenvalue weighted by Gasteiger charge is -2.44. The molecular weight excluding hydrogens is 486 g/mol. The summed E-state index contributed by atoms with van der Waals surface area (Å²) in [7, 11) is -4.02. The number of carbonyl (C=O) groups is 1. The number of nitro groups is 1. The van der Waals surface area contributed by atoms with Gasteiger partial charge in [0.25, 0.3) is 21.7 Å². The van der Waals surface area contributed by atoms with Crippen molar-refractivity contribution in [2.75, 3.05) is 19.6 Å². The summed E-state index contributed by atoms with van der Waals surface area (Å²) in [6.07, 6.45) is 2.27. The third-order valence-electron chi connectivity index (χ3n) is 6.48. The van der Waals surface area contributed by atoms with Crippen LogP contribution in [0.4, 0.5) is 5.69 Å². The molecule has 0 saturated carbocycles. The molecule has 3 fully saturated rings. The highest BCUT2D eigenvalue weighted by molar-refractivity contribution is 7.85. The molecule has 2 aromatic carbocycles. The summed E-state index contributed by atoms with van der Waals surface area (Å²) < 4.78 is 35.2. The van der Waals surface area contributed by atoms with E-state index in [0.717, 1.165) is 38.0 Å². The van der Waals surface area contributed by atoms with Crippen molar-refractivity contribution in [3.63, 3.8) is 0 Å². The monoisotopic (exact) mass is 513 g/mol. The van der Waals surface area contributed by atoms with Gasteiger partial charge in [-0.25, -0.2) is 0 Å². The van der Waals surface area contributed by atoms with E-state index >= 15 is 0 Å². The Balaban J connectivity index is 0.000000233. The number of benzene rings is 2. The van der Waals surface area contributed by atoms with Gasteiger partial charge in [0.2, 0.25) is 0 Å². The number of fused-ring (bicyclic) bond motifs is 3. The minimum atomic E-state index is -4.02. The van der Waals surface area contributed by atoms with E-state index in [0.29, 0.717) is 17.2 Å². The van der Waals surface area contributed by atoms with Gasteiger partial charge in [-0.2, -0.15) is 8.42 Å². The summed E-state index contributed by atoms with van der Waals surface area (Å²) in [4.78, 5) is 25.0. The van der Waals surface area contributed by atoms with Crippen molar-refractivity contribution < 1.29 is 27.1 Å². The van der Waals surface area contributed by atoms with E-state index in [4.69, 9.17) is 8.97 Å².